The first-order valence-corrected chi connectivity index (χ1v) is 4.10. The Morgan fingerprint density at radius 3 is 2.86 bits per heavy atom. The molecule has 1 aromatic rings. The summed E-state index contributed by atoms with van der Waals surface area (Å²) in [6.45, 7) is 1.86. The molecule has 0 unspecified atom stereocenters. The van der Waals surface area contributed by atoms with Crippen molar-refractivity contribution in [3.05, 3.63) is 15.9 Å². The normalized spacial score (nSPS) is 10.2. The van der Waals surface area contributed by atoms with Crippen LogP contribution in [0.1, 0.15) is 5.82 Å². The van der Waals surface area contributed by atoms with E-state index in [4.69, 9.17) is 5.11 Å². The van der Waals surface area contributed by atoms with Crippen LogP contribution in [-0.4, -0.2) is 32.7 Å². The van der Waals surface area contributed by atoms with Crippen LogP contribution in [0.2, 0.25) is 0 Å². The molecule has 0 spiro atoms. The highest BCUT2D eigenvalue weighted by atomic mass is 16.6. The maximum absolute atomic E-state index is 10.6. The van der Waals surface area contributed by atoms with Crippen molar-refractivity contribution < 1.29 is 10.0 Å². The molecule has 0 amide bonds. The lowest BCUT2D eigenvalue weighted by molar-refractivity contribution is -0.388. The summed E-state index contributed by atoms with van der Waals surface area (Å²) < 4.78 is 1.58. The minimum atomic E-state index is -0.549. The lowest BCUT2D eigenvalue weighted by Gasteiger charge is -2.03. The fourth-order valence-corrected chi connectivity index (χ4v) is 1.09. The second-order valence-electron chi connectivity index (χ2n) is 2.80. The number of rotatable bonds is 4. The number of anilines is 1. The van der Waals surface area contributed by atoms with Gasteiger partial charge in [0.05, 0.1) is 6.61 Å². The van der Waals surface area contributed by atoms with E-state index < -0.39 is 4.92 Å². The van der Waals surface area contributed by atoms with Crippen LogP contribution in [0, 0.1) is 17.0 Å². The number of aliphatic hydroxyl groups is 1. The molecule has 0 aromatic carbocycles. The summed E-state index contributed by atoms with van der Waals surface area (Å²) in [7, 11) is 1.68. The molecule has 7 nitrogen and oxygen atoms in total. The summed E-state index contributed by atoms with van der Waals surface area (Å²) in [5.74, 6) is 0.664. The molecule has 1 heterocycles. The van der Waals surface area contributed by atoms with Crippen molar-refractivity contribution in [2.75, 3.05) is 18.5 Å². The first kappa shape index (κ1) is 10.5. The highest BCUT2D eigenvalue weighted by molar-refractivity contribution is 5.53. The number of nitro groups is 1. The summed E-state index contributed by atoms with van der Waals surface area (Å²) in [4.78, 5) is 13.8. The molecule has 0 saturated heterocycles. The molecular weight excluding hydrogens is 188 g/mol. The van der Waals surface area contributed by atoms with Crippen molar-refractivity contribution in [3.63, 3.8) is 0 Å². The second-order valence-corrected chi connectivity index (χ2v) is 2.80. The number of aryl methyl sites for hydroxylation is 1. The minimum absolute atomic E-state index is 0.0820. The molecule has 0 aliphatic carbocycles. The number of nitrogens with one attached hydrogen (secondary N) is 1. The summed E-state index contributed by atoms with van der Waals surface area (Å²) in [6, 6.07) is 0. The smallest absolute Gasteiger partial charge is 0.395 e. The molecule has 1 aromatic heterocycles. The van der Waals surface area contributed by atoms with E-state index in [2.05, 4.69) is 10.3 Å². The van der Waals surface area contributed by atoms with Crippen molar-refractivity contribution >= 4 is 11.6 Å². The molecule has 7 heteroatoms. The molecule has 1 rings (SSSR count). The Morgan fingerprint density at radius 1 is 1.71 bits per heavy atom. The first-order chi connectivity index (χ1) is 6.57. The predicted octanol–water partition coefficient (Wildman–Crippen LogP) is 0.0409. The Labute approximate surface area is 80.5 Å². The zero-order valence-electron chi connectivity index (χ0n) is 8.02. The summed E-state index contributed by atoms with van der Waals surface area (Å²) >= 11 is 0. The van der Waals surface area contributed by atoms with Crippen LogP contribution in [0.15, 0.2) is 0 Å². The maximum Gasteiger partial charge on any atom is 0.406 e. The van der Waals surface area contributed by atoms with E-state index in [0.29, 0.717) is 11.6 Å². The molecule has 0 fully saturated rings. The van der Waals surface area contributed by atoms with Gasteiger partial charge in [-0.25, -0.2) is 0 Å². The van der Waals surface area contributed by atoms with Crippen LogP contribution < -0.4 is 5.32 Å². The van der Waals surface area contributed by atoms with Gasteiger partial charge in [-0.05, 0) is 9.91 Å². The van der Waals surface area contributed by atoms with Gasteiger partial charge in [-0.2, -0.15) is 0 Å². The SMILES string of the molecule is Cc1nc([N+](=O)[O-])c(NCCO)n1C. The fourth-order valence-electron chi connectivity index (χ4n) is 1.09. The largest absolute Gasteiger partial charge is 0.406 e. The van der Waals surface area contributed by atoms with Gasteiger partial charge >= 0.3 is 5.82 Å². The van der Waals surface area contributed by atoms with Crippen LogP contribution in [0.5, 0.6) is 0 Å². The van der Waals surface area contributed by atoms with E-state index in [1.807, 2.05) is 0 Å². The Kier molecular flexibility index (Phi) is 3.03. The standard InChI is InChI=1S/C7H12N4O3/c1-5-9-7(11(13)14)6(10(5)2)8-3-4-12/h8,12H,3-4H2,1-2H3. The predicted molar refractivity (Wildman–Crippen MR) is 50.2 cm³/mol. The summed E-state index contributed by atoms with van der Waals surface area (Å²) in [6.07, 6.45) is 0. The van der Waals surface area contributed by atoms with Gasteiger partial charge in [-0.3, -0.25) is 4.57 Å². The minimum Gasteiger partial charge on any atom is -0.395 e. The Bertz CT molecular complexity index is 347. The van der Waals surface area contributed by atoms with Gasteiger partial charge in [-0.1, -0.05) is 0 Å². The van der Waals surface area contributed by atoms with Crippen molar-refractivity contribution in [1.82, 2.24) is 9.55 Å². The lowest BCUT2D eigenvalue weighted by atomic mass is 10.6. The van der Waals surface area contributed by atoms with Gasteiger partial charge in [0.25, 0.3) is 0 Å². The van der Waals surface area contributed by atoms with E-state index in [1.54, 1.807) is 18.5 Å². The quantitative estimate of drug-likeness (QED) is 0.528. The van der Waals surface area contributed by atoms with Gasteiger partial charge in [0, 0.05) is 20.5 Å². The second kappa shape index (κ2) is 4.05. The topological polar surface area (TPSA) is 93.2 Å². The lowest BCUT2D eigenvalue weighted by Crippen LogP contribution is -2.10. The van der Waals surface area contributed by atoms with Gasteiger partial charge in [-0.15, -0.1) is 0 Å². The van der Waals surface area contributed by atoms with E-state index in [9.17, 15) is 10.1 Å². The molecule has 0 bridgehead atoms. The van der Waals surface area contributed by atoms with Crippen molar-refractivity contribution in [3.8, 4) is 0 Å². The van der Waals surface area contributed by atoms with E-state index in [-0.39, 0.29) is 19.0 Å². The maximum atomic E-state index is 10.6. The van der Waals surface area contributed by atoms with Crippen LogP contribution in [-0.2, 0) is 7.05 Å². The number of imidazole rings is 1. The third kappa shape index (κ3) is 1.82. The average molecular weight is 200 g/mol. The van der Waals surface area contributed by atoms with Crippen molar-refractivity contribution in [2.24, 2.45) is 7.05 Å². The number of nitrogens with zero attached hydrogens (tertiary/aromatic N) is 3. The van der Waals surface area contributed by atoms with E-state index in [0.717, 1.165) is 0 Å². The average Bonchev–Trinajstić information content (AvgIpc) is 2.41. The summed E-state index contributed by atoms with van der Waals surface area (Å²) in [5, 5.41) is 21.9. The van der Waals surface area contributed by atoms with Gasteiger partial charge in [0.2, 0.25) is 11.6 Å². The van der Waals surface area contributed by atoms with E-state index >= 15 is 0 Å². The zero-order valence-corrected chi connectivity index (χ0v) is 8.02. The van der Waals surface area contributed by atoms with Crippen LogP contribution in [0.3, 0.4) is 0 Å². The monoisotopic (exact) mass is 200 g/mol. The van der Waals surface area contributed by atoms with E-state index in [1.165, 1.54) is 0 Å². The summed E-state index contributed by atoms with van der Waals surface area (Å²) in [5.41, 5.74) is 0. The third-order valence-corrected chi connectivity index (χ3v) is 1.88. The fraction of sp³-hybridized carbons (Fsp3) is 0.571. The molecule has 0 radical (unpaired) electrons. The molecule has 2 N–H and O–H groups in total. The third-order valence-electron chi connectivity index (χ3n) is 1.88. The zero-order chi connectivity index (χ0) is 10.7. The molecule has 14 heavy (non-hydrogen) atoms. The number of aromatic nitrogens is 2. The van der Waals surface area contributed by atoms with Crippen LogP contribution in [0.25, 0.3) is 0 Å². The Hall–Kier alpha value is -1.63. The van der Waals surface area contributed by atoms with Crippen molar-refractivity contribution in [2.45, 2.75) is 6.92 Å². The molecule has 78 valence electrons. The van der Waals surface area contributed by atoms with Crippen LogP contribution >= 0.6 is 0 Å². The number of aliphatic hydroxyl groups excluding tert-OH is 1. The number of hydrogen-bond donors (Lipinski definition) is 2. The highest BCUT2D eigenvalue weighted by Crippen LogP contribution is 2.23. The Morgan fingerprint density at radius 2 is 2.36 bits per heavy atom. The molecule has 0 aliphatic heterocycles. The molecule has 0 atom stereocenters. The molecule has 0 saturated carbocycles. The highest BCUT2D eigenvalue weighted by Gasteiger charge is 2.22. The molecular formula is C7H12N4O3. The van der Waals surface area contributed by atoms with Gasteiger partial charge in [0.15, 0.2) is 0 Å². The Balaban J connectivity index is 3.03. The number of hydrogen-bond acceptors (Lipinski definition) is 5. The van der Waals surface area contributed by atoms with Gasteiger partial charge in [0.1, 0.15) is 0 Å². The molecule has 0 aliphatic rings. The van der Waals surface area contributed by atoms with Crippen LogP contribution in [0.4, 0.5) is 11.6 Å². The van der Waals surface area contributed by atoms with Crippen molar-refractivity contribution in [1.29, 1.82) is 0 Å². The van der Waals surface area contributed by atoms with Gasteiger partial charge < -0.3 is 20.5 Å². The first-order valence-electron chi connectivity index (χ1n) is 4.10.